The van der Waals surface area contributed by atoms with Gasteiger partial charge in [-0.25, -0.2) is 15.0 Å². The molecule has 1 fully saturated rings. The fourth-order valence-corrected chi connectivity index (χ4v) is 2.80. The van der Waals surface area contributed by atoms with E-state index in [1.165, 1.54) is 11.1 Å². The highest BCUT2D eigenvalue weighted by Crippen LogP contribution is 2.17. The highest BCUT2D eigenvalue weighted by molar-refractivity contribution is 5.97. The molecule has 0 radical (unpaired) electrons. The van der Waals surface area contributed by atoms with E-state index in [1.54, 1.807) is 40.7 Å². The maximum absolute atomic E-state index is 13.1. The molecule has 1 aliphatic rings. The maximum Gasteiger partial charge on any atom is 0.256 e. The number of carbonyl (C=O) groups excluding carboxylic acids is 1. The molecule has 0 bridgehead atoms. The van der Waals surface area contributed by atoms with Crippen LogP contribution in [-0.2, 0) is 4.84 Å². The molecule has 0 unspecified atom stereocenters. The number of benzene rings is 1. The summed E-state index contributed by atoms with van der Waals surface area (Å²) in [5, 5.41) is 9.96. The number of aromatic nitrogens is 5. The van der Waals surface area contributed by atoms with Gasteiger partial charge in [0.2, 0.25) is 0 Å². The molecule has 0 saturated carbocycles. The molecule has 132 valence electrons. The predicted molar refractivity (Wildman–Crippen MR) is 92.6 cm³/mol. The summed E-state index contributed by atoms with van der Waals surface area (Å²) in [7, 11) is 0. The Labute approximate surface area is 149 Å². The molecule has 3 aromatic rings. The minimum atomic E-state index is -0.0777. The molecule has 0 N–H and O–H groups in total. The predicted octanol–water partition coefficient (Wildman–Crippen LogP) is 0.951. The average molecular weight is 351 g/mol. The number of carbonyl (C=O) groups is 1. The maximum atomic E-state index is 13.1. The normalized spacial score (nSPS) is 14.9. The summed E-state index contributed by atoms with van der Waals surface area (Å²) in [5.74, 6) is 0.599. The second-order valence-corrected chi connectivity index (χ2v) is 5.63. The quantitative estimate of drug-likeness (QED) is 0.694. The van der Waals surface area contributed by atoms with E-state index in [4.69, 9.17) is 4.84 Å². The topological polar surface area (TPSA) is 89.3 Å². The van der Waals surface area contributed by atoms with Crippen molar-refractivity contribution in [3.05, 3.63) is 60.8 Å². The summed E-state index contributed by atoms with van der Waals surface area (Å²) in [6.45, 7) is 1.91. The number of rotatable bonds is 3. The van der Waals surface area contributed by atoms with Crippen LogP contribution in [0.5, 0.6) is 0 Å². The number of hydroxylamine groups is 1. The van der Waals surface area contributed by atoms with Crippen LogP contribution in [0.25, 0.3) is 5.69 Å². The molecule has 9 nitrogen and oxygen atoms in total. The van der Waals surface area contributed by atoms with Crippen molar-refractivity contribution in [2.24, 2.45) is 0 Å². The zero-order valence-corrected chi connectivity index (χ0v) is 14.0. The second-order valence-electron chi connectivity index (χ2n) is 5.63. The molecule has 1 amide bonds. The number of nitrogens with zero attached hydrogens (tertiary/aromatic N) is 7. The monoisotopic (exact) mass is 351 g/mol. The lowest BCUT2D eigenvalue weighted by atomic mass is 10.1. The van der Waals surface area contributed by atoms with Gasteiger partial charge < -0.3 is 4.90 Å². The molecule has 1 aliphatic heterocycles. The zero-order chi connectivity index (χ0) is 17.8. The Morgan fingerprint density at radius 2 is 1.85 bits per heavy atom. The van der Waals surface area contributed by atoms with Crippen LogP contribution >= 0.6 is 0 Å². The first-order valence-corrected chi connectivity index (χ1v) is 8.24. The summed E-state index contributed by atoms with van der Waals surface area (Å²) in [4.78, 5) is 30.1. The van der Waals surface area contributed by atoms with Crippen molar-refractivity contribution in [1.29, 1.82) is 0 Å². The third-order valence-corrected chi connectivity index (χ3v) is 4.06. The third kappa shape index (κ3) is 3.24. The van der Waals surface area contributed by atoms with Gasteiger partial charge in [-0.2, -0.15) is 15.0 Å². The zero-order valence-electron chi connectivity index (χ0n) is 14.0. The lowest BCUT2D eigenvalue weighted by molar-refractivity contribution is 0.0730. The smallest absolute Gasteiger partial charge is 0.256 e. The molecule has 1 saturated heterocycles. The number of para-hydroxylation sites is 1. The van der Waals surface area contributed by atoms with Crippen LogP contribution in [0.3, 0.4) is 0 Å². The van der Waals surface area contributed by atoms with E-state index in [-0.39, 0.29) is 5.91 Å². The van der Waals surface area contributed by atoms with E-state index in [2.05, 4.69) is 20.2 Å². The number of amides is 1. The van der Waals surface area contributed by atoms with Gasteiger partial charge in [0.05, 0.1) is 36.8 Å². The molecule has 2 aromatic heterocycles. The summed E-state index contributed by atoms with van der Waals surface area (Å²) >= 11 is 0. The Balaban J connectivity index is 1.53. The van der Waals surface area contributed by atoms with Crippen molar-refractivity contribution >= 4 is 11.7 Å². The van der Waals surface area contributed by atoms with Gasteiger partial charge in [-0.1, -0.05) is 12.1 Å². The van der Waals surface area contributed by atoms with E-state index >= 15 is 0 Å². The van der Waals surface area contributed by atoms with Gasteiger partial charge in [0.1, 0.15) is 6.33 Å². The average Bonchev–Trinajstić information content (AvgIpc) is 3.12. The standard InChI is InChI=1S/C17H17N7O2/c25-17(14-3-1-2-4-15(14)24-20-7-8-21-24)22-9-10-23(26-12-11-22)16-5-6-18-13-19-16/h1-8,13H,9-12H2. The molecular formula is C17H17N7O2. The van der Waals surface area contributed by atoms with Gasteiger partial charge in [0.25, 0.3) is 5.91 Å². The minimum absolute atomic E-state index is 0.0777. The Bertz CT molecular complexity index is 870. The van der Waals surface area contributed by atoms with Gasteiger partial charge in [-0.15, -0.1) is 0 Å². The molecule has 26 heavy (non-hydrogen) atoms. The van der Waals surface area contributed by atoms with Crippen molar-refractivity contribution in [3.8, 4) is 5.69 Å². The van der Waals surface area contributed by atoms with Gasteiger partial charge in [0.15, 0.2) is 5.82 Å². The fourth-order valence-electron chi connectivity index (χ4n) is 2.80. The lowest BCUT2D eigenvalue weighted by Gasteiger charge is -2.21. The number of anilines is 1. The Kier molecular flexibility index (Phi) is 4.52. The lowest BCUT2D eigenvalue weighted by Crippen LogP contribution is -2.36. The van der Waals surface area contributed by atoms with Crippen molar-refractivity contribution in [1.82, 2.24) is 29.9 Å². The van der Waals surface area contributed by atoms with Crippen molar-refractivity contribution in [2.45, 2.75) is 0 Å². The number of hydrogen-bond acceptors (Lipinski definition) is 7. The van der Waals surface area contributed by atoms with E-state index in [0.717, 1.165) is 0 Å². The third-order valence-electron chi connectivity index (χ3n) is 4.06. The van der Waals surface area contributed by atoms with E-state index in [0.29, 0.717) is 43.3 Å². The molecule has 9 heteroatoms. The van der Waals surface area contributed by atoms with Gasteiger partial charge >= 0.3 is 0 Å². The molecule has 1 aromatic carbocycles. The molecule has 0 aliphatic carbocycles. The van der Waals surface area contributed by atoms with E-state index < -0.39 is 0 Å². The highest BCUT2D eigenvalue weighted by atomic mass is 16.7. The summed E-state index contributed by atoms with van der Waals surface area (Å²) in [6, 6.07) is 9.08. The second kappa shape index (κ2) is 7.28. The first kappa shape index (κ1) is 16.2. The van der Waals surface area contributed by atoms with Crippen LogP contribution in [0.1, 0.15) is 10.4 Å². The van der Waals surface area contributed by atoms with Crippen LogP contribution in [0.2, 0.25) is 0 Å². The Morgan fingerprint density at radius 1 is 1.00 bits per heavy atom. The summed E-state index contributed by atoms with van der Waals surface area (Å²) in [6.07, 6.45) is 6.30. The van der Waals surface area contributed by atoms with Crippen LogP contribution in [-0.4, -0.2) is 62.0 Å². The summed E-state index contributed by atoms with van der Waals surface area (Å²) in [5.41, 5.74) is 1.21. The SMILES string of the molecule is O=C(c1ccccc1-n1nccn1)N1CCON(c2ccncn2)CC1. The molecule has 3 heterocycles. The Hall–Kier alpha value is -3.33. The van der Waals surface area contributed by atoms with Gasteiger partial charge in [-0.3, -0.25) is 9.63 Å². The highest BCUT2D eigenvalue weighted by Gasteiger charge is 2.24. The van der Waals surface area contributed by atoms with Crippen LogP contribution in [0.15, 0.2) is 55.2 Å². The van der Waals surface area contributed by atoms with E-state index in [1.807, 2.05) is 18.2 Å². The van der Waals surface area contributed by atoms with Crippen molar-refractivity contribution in [3.63, 3.8) is 0 Å². The minimum Gasteiger partial charge on any atom is -0.334 e. The molecular weight excluding hydrogens is 334 g/mol. The van der Waals surface area contributed by atoms with Gasteiger partial charge in [0, 0.05) is 25.4 Å². The van der Waals surface area contributed by atoms with Crippen molar-refractivity contribution in [2.75, 3.05) is 31.3 Å². The van der Waals surface area contributed by atoms with Crippen LogP contribution in [0, 0.1) is 0 Å². The summed E-state index contributed by atoms with van der Waals surface area (Å²) < 4.78 is 0. The first-order chi connectivity index (χ1) is 12.8. The van der Waals surface area contributed by atoms with E-state index in [9.17, 15) is 4.79 Å². The number of hydrogen-bond donors (Lipinski definition) is 0. The largest absolute Gasteiger partial charge is 0.334 e. The van der Waals surface area contributed by atoms with Gasteiger partial charge in [-0.05, 0) is 12.1 Å². The fraction of sp³-hybridized carbons (Fsp3) is 0.235. The van der Waals surface area contributed by atoms with Crippen molar-refractivity contribution < 1.29 is 9.63 Å². The molecule has 0 atom stereocenters. The Morgan fingerprint density at radius 3 is 2.65 bits per heavy atom. The van der Waals surface area contributed by atoms with Crippen LogP contribution < -0.4 is 5.06 Å². The first-order valence-electron chi connectivity index (χ1n) is 8.24. The molecule has 0 spiro atoms. The molecule has 4 rings (SSSR count). The van der Waals surface area contributed by atoms with Crippen LogP contribution in [0.4, 0.5) is 5.82 Å².